The summed E-state index contributed by atoms with van der Waals surface area (Å²) >= 11 is 0. The number of carbonyl (C=O) groups excluding carboxylic acids is 1. The second kappa shape index (κ2) is 6.81. The molecule has 0 saturated carbocycles. The third-order valence-corrected chi connectivity index (χ3v) is 3.42. The fraction of sp³-hybridized carbons (Fsp3) is 0.533. The minimum absolute atomic E-state index is 0.0590. The van der Waals surface area contributed by atoms with Crippen LogP contribution in [-0.4, -0.2) is 49.6 Å². The molecule has 1 heterocycles. The van der Waals surface area contributed by atoms with Crippen LogP contribution in [0.4, 0.5) is 4.39 Å². The minimum Gasteiger partial charge on any atom is -0.488 e. The first-order chi connectivity index (χ1) is 9.60. The lowest BCUT2D eigenvalue weighted by Crippen LogP contribution is -2.47. The summed E-state index contributed by atoms with van der Waals surface area (Å²) in [5.74, 6) is -0.369. The molecule has 0 aliphatic carbocycles. The Morgan fingerprint density at radius 1 is 1.55 bits per heavy atom. The Kier molecular flexibility index (Phi) is 5.09. The monoisotopic (exact) mass is 281 g/mol. The van der Waals surface area contributed by atoms with E-state index >= 15 is 0 Å². The summed E-state index contributed by atoms with van der Waals surface area (Å²) in [6, 6.07) is 4.64. The van der Waals surface area contributed by atoms with Gasteiger partial charge in [-0.05, 0) is 32.0 Å². The van der Waals surface area contributed by atoms with Crippen molar-refractivity contribution in [2.75, 3.05) is 26.3 Å². The molecule has 0 aromatic heterocycles. The molecule has 1 aliphatic rings. The quantitative estimate of drug-likeness (QED) is 0.775. The van der Waals surface area contributed by atoms with Crippen molar-refractivity contribution in [2.24, 2.45) is 0 Å². The van der Waals surface area contributed by atoms with Crippen LogP contribution in [0.3, 0.4) is 0 Å². The third-order valence-electron chi connectivity index (χ3n) is 3.42. The highest BCUT2D eigenvalue weighted by atomic mass is 19.1. The van der Waals surface area contributed by atoms with Gasteiger partial charge in [0, 0.05) is 24.7 Å². The molecule has 1 aromatic rings. The van der Waals surface area contributed by atoms with Gasteiger partial charge >= 0.3 is 0 Å². The number of nitrogens with zero attached hydrogens (tertiary/aromatic N) is 1. The first-order valence-electron chi connectivity index (χ1n) is 6.83. The molecule has 0 spiro atoms. The zero-order chi connectivity index (χ0) is 14.5. The molecular weight excluding hydrogens is 261 g/mol. The van der Waals surface area contributed by atoms with E-state index < -0.39 is 5.82 Å². The number of benzene rings is 1. The molecule has 0 amide bonds. The Hall–Kier alpha value is -1.46. The summed E-state index contributed by atoms with van der Waals surface area (Å²) < 4.78 is 24.7. The Morgan fingerprint density at radius 2 is 2.35 bits per heavy atom. The van der Waals surface area contributed by atoms with Gasteiger partial charge in [-0.1, -0.05) is 0 Å². The molecular formula is C15H20FNO3. The Morgan fingerprint density at radius 3 is 3.00 bits per heavy atom. The molecule has 0 bridgehead atoms. The van der Waals surface area contributed by atoms with Crippen LogP contribution in [-0.2, 0) is 4.74 Å². The van der Waals surface area contributed by atoms with Gasteiger partial charge in [-0.3, -0.25) is 9.69 Å². The molecule has 2 rings (SSSR count). The fourth-order valence-corrected chi connectivity index (χ4v) is 2.20. The molecule has 5 heteroatoms. The van der Waals surface area contributed by atoms with Crippen molar-refractivity contribution in [1.82, 2.24) is 4.90 Å². The molecule has 0 radical (unpaired) electrons. The van der Waals surface area contributed by atoms with Gasteiger partial charge < -0.3 is 9.47 Å². The lowest BCUT2D eigenvalue weighted by atomic mass is 10.2. The summed E-state index contributed by atoms with van der Waals surface area (Å²) in [6.07, 6.45) is 0.550. The van der Waals surface area contributed by atoms with Crippen molar-refractivity contribution >= 4 is 6.29 Å². The smallest absolute Gasteiger partial charge is 0.165 e. The van der Waals surface area contributed by atoms with Crippen LogP contribution in [0.25, 0.3) is 0 Å². The van der Waals surface area contributed by atoms with E-state index in [4.69, 9.17) is 9.47 Å². The maximum atomic E-state index is 13.7. The van der Waals surface area contributed by atoms with E-state index in [1.165, 1.54) is 18.2 Å². The third kappa shape index (κ3) is 3.77. The predicted octanol–water partition coefficient (Wildman–Crippen LogP) is 2.13. The number of rotatable bonds is 5. The van der Waals surface area contributed by atoms with Crippen LogP contribution in [0.5, 0.6) is 5.75 Å². The van der Waals surface area contributed by atoms with Crippen LogP contribution in [0, 0.1) is 5.82 Å². The van der Waals surface area contributed by atoms with Crippen molar-refractivity contribution in [2.45, 2.75) is 26.0 Å². The average Bonchev–Trinajstić information content (AvgIpc) is 2.46. The van der Waals surface area contributed by atoms with Gasteiger partial charge in [0.15, 0.2) is 11.6 Å². The number of ether oxygens (including phenoxy) is 2. The fourth-order valence-electron chi connectivity index (χ4n) is 2.20. The van der Waals surface area contributed by atoms with Gasteiger partial charge in [0.2, 0.25) is 0 Å². The molecule has 1 aliphatic heterocycles. The van der Waals surface area contributed by atoms with Gasteiger partial charge in [0.05, 0.1) is 6.61 Å². The molecule has 1 unspecified atom stereocenters. The normalized spacial score (nSPS) is 20.1. The van der Waals surface area contributed by atoms with Gasteiger partial charge in [-0.15, -0.1) is 0 Å². The maximum absolute atomic E-state index is 13.7. The standard InChI is InChI=1S/C15H20FNO3/c1-11(2)17-5-6-19-13(8-17)10-20-15-4-3-12(9-18)7-14(15)16/h3-4,7,9,11,13H,5-6,8,10H2,1-2H3. The van der Waals surface area contributed by atoms with Crippen molar-refractivity contribution < 1.29 is 18.7 Å². The SMILES string of the molecule is CC(C)N1CCOC(COc2ccc(C=O)cc2F)C1. The highest BCUT2D eigenvalue weighted by Gasteiger charge is 2.23. The zero-order valence-electron chi connectivity index (χ0n) is 11.8. The minimum atomic E-state index is -0.522. The predicted molar refractivity (Wildman–Crippen MR) is 73.7 cm³/mol. The van der Waals surface area contributed by atoms with Gasteiger partial charge in [0.25, 0.3) is 0 Å². The molecule has 4 nitrogen and oxygen atoms in total. The molecule has 110 valence electrons. The molecule has 1 fully saturated rings. The number of hydrogen-bond donors (Lipinski definition) is 0. The van der Waals surface area contributed by atoms with Gasteiger partial charge in [-0.2, -0.15) is 0 Å². The molecule has 1 saturated heterocycles. The van der Waals surface area contributed by atoms with Crippen molar-refractivity contribution in [1.29, 1.82) is 0 Å². The number of morpholine rings is 1. The molecule has 1 atom stereocenters. The van der Waals surface area contributed by atoms with Gasteiger partial charge in [-0.25, -0.2) is 4.39 Å². The van der Waals surface area contributed by atoms with Crippen molar-refractivity contribution in [3.63, 3.8) is 0 Å². The number of halogens is 1. The van der Waals surface area contributed by atoms with Crippen LogP contribution in [0.15, 0.2) is 18.2 Å². The van der Waals surface area contributed by atoms with E-state index in [2.05, 4.69) is 18.7 Å². The number of carbonyl (C=O) groups is 1. The van der Waals surface area contributed by atoms with E-state index in [9.17, 15) is 9.18 Å². The Labute approximate surface area is 118 Å². The largest absolute Gasteiger partial charge is 0.488 e. The number of aldehydes is 1. The van der Waals surface area contributed by atoms with Crippen LogP contribution in [0.2, 0.25) is 0 Å². The topological polar surface area (TPSA) is 38.8 Å². The van der Waals surface area contributed by atoms with Crippen LogP contribution >= 0.6 is 0 Å². The Balaban J connectivity index is 1.90. The summed E-state index contributed by atoms with van der Waals surface area (Å²) in [6.45, 7) is 6.95. The van der Waals surface area contributed by atoms with Crippen LogP contribution in [0.1, 0.15) is 24.2 Å². The highest BCUT2D eigenvalue weighted by molar-refractivity contribution is 5.74. The summed E-state index contributed by atoms with van der Waals surface area (Å²) in [5, 5.41) is 0. The average molecular weight is 281 g/mol. The summed E-state index contributed by atoms with van der Waals surface area (Å²) in [5.41, 5.74) is 0.301. The zero-order valence-corrected chi connectivity index (χ0v) is 11.8. The lowest BCUT2D eigenvalue weighted by molar-refractivity contribution is -0.0568. The second-order valence-electron chi connectivity index (χ2n) is 5.20. The first kappa shape index (κ1) is 14.9. The van der Waals surface area contributed by atoms with Crippen LogP contribution < -0.4 is 4.74 Å². The van der Waals surface area contributed by atoms with Gasteiger partial charge in [0.1, 0.15) is 19.0 Å². The van der Waals surface area contributed by atoms with Crippen molar-refractivity contribution in [3.8, 4) is 5.75 Å². The second-order valence-corrected chi connectivity index (χ2v) is 5.20. The molecule has 1 aromatic carbocycles. The summed E-state index contributed by atoms with van der Waals surface area (Å²) in [4.78, 5) is 12.9. The molecule has 0 N–H and O–H groups in total. The van der Waals surface area contributed by atoms with E-state index in [1.807, 2.05) is 0 Å². The van der Waals surface area contributed by atoms with E-state index in [0.717, 1.165) is 13.1 Å². The lowest BCUT2D eigenvalue weighted by Gasteiger charge is -2.35. The maximum Gasteiger partial charge on any atom is 0.165 e. The molecule has 20 heavy (non-hydrogen) atoms. The Bertz CT molecular complexity index is 464. The number of hydrogen-bond acceptors (Lipinski definition) is 4. The highest BCUT2D eigenvalue weighted by Crippen LogP contribution is 2.19. The van der Waals surface area contributed by atoms with Crippen molar-refractivity contribution in [3.05, 3.63) is 29.6 Å². The first-order valence-corrected chi connectivity index (χ1v) is 6.83. The summed E-state index contributed by atoms with van der Waals surface area (Å²) in [7, 11) is 0. The van der Waals surface area contributed by atoms with E-state index in [1.54, 1.807) is 0 Å². The van der Waals surface area contributed by atoms with E-state index in [-0.39, 0.29) is 11.9 Å². The van der Waals surface area contributed by atoms with E-state index in [0.29, 0.717) is 31.1 Å².